The largest absolute Gasteiger partial charge is 0.484 e. The third-order valence-corrected chi connectivity index (χ3v) is 9.43. The average Bonchev–Trinajstić information content (AvgIpc) is 3.56. The molecule has 12 heteroatoms. The number of carbonyl (C=O) groups excluding carboxylic acids is 1. The van der Waals surface area contributed by atoms with E-state index in [1.54, 1.807) is 25.3 Å². The zero-order valence-electron chi connectivity index (χ0n) is 19.6. The minimum Gasteiger partial charge on any atom is -0.484 e. The molecule has 4 rings (SSSR count). The van der Waals surface area contributed by atoms with E-state index in [-0.39, 0.29) is 29.8 Å². The maximum Gasteiger partial charge on any atom is 0.349 e. The van der Waals surface area contributed by atoms with E-state index < -0.39 is 22.2 Å². The van der Waals surface area contributed by atoms with Gasteiger partial charge in [-0.1, -0.05) is 0 Å². The van der Waals surface area contributed by atoms with Gasteiger partial charge in [-0.2, -0.15) is 8.42 Å². The van der Waals surface area contributed by atoms with Gasteiger partial charge in [0.05, 0.1) is 25.0 Å². The lowest BCUT2D eigenvalue weighted by Gasteiger charge is -2.26. The van der Waals surface area contributed by atoms with Crippen molar-refractivity contribution < 1.29 is 27.1 Å². The van der Waals surface area contributed by atoms with Crippen LogP contribution in [0.25, 0.3) is 0 Å². The Balaban J connectivity index is 1.70. The quantitative estimate of drug-likeness (QED) is 0.344. The smallest absolute Gasteiger partial charge is 0.349 e. The fourth-order valence-corrected chi connectivity index (χ4v) is 7.21. The summed E-state index contributed by atoms with van der Waals surface area (Å²) in [5.41, 5.74) is 2.94. The van der Waals surface area contributed by atoms with E-state index in [9.17, 15) is 17.6 Å². The van der Waals surface area contributed by atoms with E-state index >= 15 is 0 Å². The first-order valence-electron chi connectivity index (χ1n) is 11.2. The lowest BCUT2D eigenvalue weighted by molar-refractivity contribution is 0.0532. The summed E-state index contributed by atoms with van der Waals surface area (Å²) in [6.07, 6.45) is 2.63. The fraction of sp³-hybridized carbons (Fsp3) is 0.435. The first kappa shape index (κ1) is 25.5. The molecule has 1 aromatic carbocycles. The lowest BCUT2D eigenvalue weighted by atomic mass is 10.1. The fourth-order valence-electron chi connectivity index (χ4n) is 3.81. The number of hydrogen-bond acceptors (Lipinski definition) is 9. The number of ether oxygens (including phenoxy) is 2. The summed E-state index contributed by atoms with van der Waals surface area (Å²) >= 11 is 2.15. The van der Waals surface area contributed by atoms with E-state index in [1.165, 1.54) is 13.1 Å². The molecule has 1 aliphatic carbocycles. The minimum absolute atomic E-state index is 0.0191. The zero-order chi connectivity index (χ0) is 25.2. The van der Waals surface area contributed by atoms with Crippen LogP contribution in [0.5, 0.6) is 5.75 Å². The summed E-state index contributed by atoms with van der Waals surface area (Å²) in [5.74, 6) is -0.140. The summed E-state index contributed by atoms with van der Waals surface area (Å²) in [5, 5.41) is 2.18. The molecule has 2 heterocycles. The topological polar surface area (TPSA) is 98.7 Å². The second-order valence-corrected chi connectivity index (χ2v) is 12.2. The van der Waals surface area contributed by atoms with Gasteiger partial charge >= 0.3 is 5.97 Å². The van der Waals surface area contributed by atoms with Crippen molar-refractivity contribution >= 4 is 44.4 Å². The van der Waals surface area contributed by atoms with E-state index in [0.29, 0.717) is 21.3 Å². The Morgan fingerprint density at radius 1 is 1.29 bits per heavy atom. The molecule has 0 bridgehead atoms. The number of rotatable bonds is 10. The van der Waals surface area contributed by atoms with Gasteiger partial charge in [0, 0.05) is 11.1 Å². The summed E-state index contributed by atoms with van der Waals surface area (Å²) in [6, 6.07) is 3.61. The summed E-state index contributed by atoms with van der Waals surface area (Å²) < 4.78 is 53.4. The number of thiazole rings is 2. The van der Waals surface area contributed by atoms with Crippen LogP contribution in [-0.2, 0) is 34.2 Å². The number of aryl methyl sites for hydroxylation is 3. The van der Waals surface area contributed by atoms with Gasteiger partial charge in [0.2, 0.25) is 4.34 Å². The van der Waals surface area contributed by atoms with Crippen LogP contribution in [0.2, 0.25) is 0 Å². The number of benzene rings is 1. The van der Waals surface area contributed by atoms with Gasteiger partial charge < -0.3 is 9.47 Å². The molecule has 0 aliphatic heterocycles. The average molecular weight is 540 g/mol. The normalized spacial score (nSPS) is 13.9. The van der Waals surface area contributed by atoms with E-state index in [0.717, 1.165) is 57.4 Å². The summed E-state index contributed by atoms with van der Waals surface area (Å²) in [6.45, 7) is 4.65. The summed E-state index contributed by atoms with van der Waals surface area (Å²) in [4.78, 5) is 20.7. The van der Waals surface area contributed by atoms with Crippen LogP contribution >= 0.6 is 22.7 Å². The van der Waals surface area contributed by atoms with Crippen molar-refractivity contribution in [3.63, 3.8) is 0 Å². The van der Waals surface area contributed by atoms with Gasteiger partial charge in [0.25, 0.3) is 10.0 Å². The molecule has 0 saturated heterocycles. The van der Waals surface area contributed by atoms with Crippen LogP contribution < -0.4 is 9.04 Å². The number of esters is 1. The third kappa shape index (κ3) is 5.65. The molecule has 0 fully saturated rings. The first-order valence-corrected chi connectivity index (χ1v) is 14.3. The summed E-state index contributed by atoms with van der Waals surface area (Å²) in [7, 11) is -4.12. The maximum atomic E-state index is 14.3. The lowest BCUT2D eigenvalue weighted by Crippen LogP contribution is -2.36. The molecule has 1 atom stereocenters. The number of sulfonamides is 1. The Kier molecular flexibility index (Phi) is 7.72. The predicted octanol–water partition coefficient (Wildman–Crippen LogP) is 4.71. The number of anilines is 1. The zero-order valence-corrected chi connectivity index (χ0v) is 22.1. The molecule has 0 saturated carbocycles. The Morgan fingerprint density at radius 3 is 2.69 bits per heavy atom. The van der Waals surface area contributed by atoms with E-state index in [4.69, 9.17) is 9.47 Å². The molecular formula is C23H26FN3O5S3. The highest BCUT2D eigenvalue weighted by molar-refractivity contribution is 7.94. The van der Waals surface area contributed by atoms with Gasteiger partial charge in [-0.05, 0) is 63.3 Å². The molecule has 1 aliphatic rings. The third-order valence-electron chi connectivity index (χ3n) is 5.35. The molecule has 8 nitrogen and oxygen atoms in total. The molecular weight excluding hydrogens is 513 g/mol. The molecule has 2 aromatic heterocycles. The molecule has 0 radical (unpaired) electrons. The second-order valence-electron chi connectivity index (χ2n) is 8.14. The van der Waals surface area contributed by atoms with E-state index in [2.05, 4.69) is 9.97 Å². The van der Waals surface area contributed by atoms with Gasteiger partial charge in [-0.15, -0.1) is 22.7 Å². The van der Waals surface area contributed by atoms with Crippen molar-refractivity contribution in [2.45, 2.75) is 57.2 Å². The number of hydrogen-bond donors (Lipinski definition) is 0. The van der Waals surface area contributed by atoms with Crippen molar-refractivity contribution in [1.82, 2.24) is 9.97 Å². The molecule has 0 amide bonds. The molecule has 0 N–H and O–H groups in total. The Hall–Kier alpha value is -2.57. The van der Waals surface area contributed by atoms with Crippen LogP contribution in [0.1, 0.15) is 51.8 Å². The van der Waals surface area contributed by atoms with E-state index in [1.807, 2.05) is 6.07 Å². The molecule has 188 valence electrons. The number of carbonyl (C=O) groups is 1. The number of alkyl halides is 1. The van der Waals surface area contributed by atoms with Crippen LogP contribution in [0, 0.1) is 6.92 Å². The number of nitrogens with zero attached hydrogens (tertiary/aromatic N) is 3. The Morgan fingerprint density at radius 2 is 2.03 bits per heavy atom. The van der Waals surface area contributed by atoms with Crippen molar-refractivity contribution in [3.8, 4) is 5.75 Å². The maximum absolute atomic E-state index is 14.3. The monoisotopic (exact) mass is 539 g/mol. The standard InChI is InChI=1S/C23H26FN3O5S3/c1-4-31-22(28)20-10-25-21(34-20)12-32-19-9-17-7-5-6-16(17)8-18(19)27(11-14(2)24)35(29,30)23-26-15(3)13-33-23/h8-10,13-14H,4-7,11-12H2,1-3H3/t14-/m0/s1. The number of aromatic nitrogens is 2. The van der Waals surface area contributed by atoms with Crippen molar-refractivity contribution in [3.05, 3.63) is 50.4 Å². The highest BCUT2D eigenvalue weighted by atomic mass is 32.2. The van der Waals surface area contributed by atoms with Gasteiger partial charge in [0.15, 0.2) is 0 Å². The van der Waals surface area contributed by atoms with Crippen molar-refractivity contribution in [2.24, 2.45) is 0 Å². The number of halogens is 1. The SMILES string of the molecule is CCOC(=O)c1cnc(COc2cc3c(cc2N(C[C@H](C)F)S(=O)(=O)c2nc(C)cs2)CCC3)s1. The van der Waals surface area contributed by atoms with Crippen molar-refractivity contribution in [2.75, 3.05) is 17.5 Å². The predicted molar refractivity (Wildman–Crippen MR) is 133 cm³/mol. The second kappa shape index (κ2) is 10.6. The first-order chi connectivity index (χ1) is 16.7. The minimum atomic E-state index is -4.12. The van der Waals surface area contributed by atoms with Crippen LogP contribution in [0.3, 0.4) is 0 Å². The highest BCUT2D eigenvalue weighted by Crippen LogP contribution is 2.39. The molecule has 35 heavy (non-hydrogen) atoms. The highest BCUT2D eigenvalue weighted by Gasteiger charge is 2.32. The van der Waals surface area contributed by atoms with Crippen LogP contribution in [0.4, 0.5) is 10.1 Å². The molecule has 3 aromatic rings. The molecule has 0 spiro atoms. The van der Waals surface area contributed by atoms with Gasteiger partial charge in [0.1, 0.15) is 28.4 Å². The van der Waals surface area contributed by atoms with Crippen LogP contribution in [-0.4, -0.2) is 43.7 Å². The number of fused-ring (bicyclic) bond motifs is 1. The van der Waals surface area contributed by atoms with Crippen LogP contribution in [0.15, 0.2) is 28.0 Å². The Bertz CT molecular complexity index is 1320. The Labute approximate surface area is 211 Å². The molecule has 0 unspecified atom stereocenters. The van der Waals surface area contributed by atoms with Gasteiger partial charge in [-0.25, -0.2) is 19.2 Å². The van der Waals surface area contributed by atoms with Crippen molar-refractivity contribution in [1.29, 1.82) is 0 Å². The van der Waals surface area contributed by atoms with Gasteiger partial charge in [-0.3, -0.25) is 4.31 Å².